The van der Waals surface area contributed by atoms with E-state index in [2.05, 4.69) is 25.8 Å². The minimum Gasteiger partial charge on any atom is -0.349 e. The van der Waals surface area contributed by atoms with Crippen LogP contribution in [-0.4, -0.2) is 40.2 Å². The minimum atomic E-state index is -0.206. The zero-order valence-corrected chi connectivity index (χ0v) is 9.42. The molecule has 2 rings (SSSR count). The third-order valence-corrected chi connectivity index (χ3v) is 2.74. The molecule has 1 saturated heterocycles. The SMILES string of the molecule is Cc1nc(C(=O)NCCC2CCCN2)n[nH]1. The van der Waals surface area contributed by atoms with Crippen LogP contribution in [0.15, 0.2) is 0 Å². The maximum atomic E-state index is 11.6. The number of carbonyl (C=O) groups is 1. The Morgan fingerprint density at radius 2 is 2.50 bits per heavy atom. The molecule has 1 amide bonds. The van der Waals surface area contributed by atoms with Crippen molar-refractivity contribution in [3.8, 4) is 0 Å². The number of H-pyrrole nitrogens is 1. The molecular weight excluding hydrogens is 206 g/mol. The fourth-order valence-electron chi connectivity index (χ4n) is 1.89. The largest absolute Gasteiger partial charge is 0.349 e. The molecule has 88 valence electrons. The summed E-state index contributed by atoms with van der Waals surface area (Å²) in [5.74, 6) is 0.668. The monoisotopic (exact) mass is 223 g/mol. The van der Waals surface area contributed by atoms with E-state index in [1.165, 1.54) is 12.8 Å². The van der Waals surface area contributed by atoms with Crippen molar-refractivity contribution >= 4 is 5.91 Å². The van der Waals surface area contributed by atoms with Crippen LogP contribution < -0.4 is 10.6 Å². The summed E-state index contributed by atoms with van der Waals surface area (Å²) in [4.78, 5) is 15.5. The van der Waals surface area contributed by atoms with E-state index in [-0.39, 0.29) is 11.7 Å². The Morgan fingerprint density at radius 3 is 3.12 bits per heavy atom. The number of aromatic nitrogens is 3. The molecule has 1 aromatic rings. The topological polar surface area (TPSA) is 82.7 Å². The van der Waals surface area contributed by atoms with Crippen molar-refractivity contribution in [3.63, 3.8) is 0 Å². The molecule has 1 atom stereocenters. The zero-order chi connectivity index (χ0) is 11.4. The second-order valence-electron chi connectivity index (χ2n) is 4.08. The maximum Gasteiger partial charge on any atom is 0.290 e. The quantitative estimate of drug-likeness (QED) is 0.670. The average Bonchev–Trinajstić information content (AvgIpc) is 2.89. The number of aromatic amines is 1. The first-order valence-corrected chi connectivity index (χ1v) is 5.66. The molecular formula is C10H17N5O. The zero-order valence-electron chi connectivity index (χ0n) is 9.42. The first kappa shape index (κ1) is 11.1. The highest BCUT2D eigenvalue weighted by Crippen LogP contribution is 2.07. The van der Waals surface area contributed by atoms with Gasteiger partial charge in [-0.15, -0.1) is 5.10 Å². The number of rotatable bonds is 4. The molecule has 1 aliphatic heterocycles. The standard InChI is InChI=1S/C10H17N5O/c1-7-13-9(15-14-7)10(16)12-6-4-8-3-2-5-11-8/h8,11H,2-6H2,1H3,(H,12,16)(H,13,14,15). The van der Waals surface area contributed by atoms with Crippen LogP contribution in [-0.2, 0) is 0 Å². The number of aryl methyl sites for hydroxylation is 1. The lowest BCUT2D eigenvalue weighted by Crippen LogP contribution is -2.31. The van der Waals surface area contributed by atoms with Crippen molar-refractivity contribution < 1.29 is 4.79 Å². The third-order valence-electron chi connectivity index (χ3n) is 2.74. The van der Waals surface area contributed by atoms with E-state index in [4.69, 9.17) is 0 Å². The highest BCUT2D eigenvalue weighted by Gasteiger charge is 2.15. The number of amides is 1. The van der Waals surface area contributed by atoms with Gasteiger partial charge in [-0.05, 0) is 32.7 Å². The minimum absolute atomic E-state index is 0.206. The van der Waals surface area contributed by atoms with Gasteiger partial charge in [0.25, 0.3) is 5.91 Å². The van der Waals surface area contributed by atoms with E-state index in [0.717, 1.165) is 13.0 Å². The van der Waals surface area contributed by atoms with E-state index < -0.39 is 0 Å². The van der Waals surface area contributed by atoms with Crippen molar-refractivity contribution in [1.82, 2.24) is 25.8 Å². The van der Waals surface area contributed by atoms with Gasteiger partial charge >= 0.3 is 0 Å². The predicted molar refractivity (Wildman–Crippen MR) is 59.1 cm³/mol. The van der Waals surface area contributed by atoms with Gasteiger partial charge in [0.15, 0.2) is 0 Å². The number of hydrogen-bond acceptors (Lipinski definition) is 4. The van der Waals surface area contributed by atoms with Gasteiger partial charge in [-0.1, -0.05) is 0 Å². The summed E-state index contributed by atoms with van der Waals surface area (Å²) < 4.78 is 0. The maximum absolute atomic E-state index is 11.6. The van der Waals surface area contributed by atoms with Crippen LogP contribution >= 0.6 is 0 Å². The first-order valence-electron chi connectivity index (χ1n) is 5.66. The molecule has 6 heteroatoms. The molecule has 1 fully saturated rings. The lowest BCUT2D eigenvalue weighted by atomic mass is 10.1. The highest BCUT2D eigenvalue weighted by atomic mass is 16.2. The van der Waals surface area contributed by atoms with Crippen molar-refractivity contribution in [3.05, 3.63) is 11.6 Å². The molecule has 0 aromatic carbocycles. The summed E-state index contributed by atoms with van der Waals surface area (Å²) in [6, 6.07) is 0.550. The van der Waals surface area contributed by atoms with Gasteiger partial charge in [0.05, 0.1) is 0 Å². The van der Waals surface area contributed by atoms with E-state index in [1.54, 1.807) is 6.92 Å². The Labute approximate surface area is 94.2 Å². The Bertz CT molecular complexity index is 356. The molecule has 0 spiro atoms. The van der Waals surface area contributed by atoms with Gasteiger partial charge in [0, 0.05) is 12.6 Å². The lowest BCUT2D eigenvalue weighted by molar-refractivity contribution is 0.0942. The van der Waals surface area contributed by atoms with Crippen molar-refractivity contribution in [2.75, 3.05) is 13.1 Å². The fraction of sp³-hybridized carbons (Fsp3) is 0.700. The second-order valence-corrected chi connectivity index (χ2v) is 4.08. The van der Waals surface area contributed by atoms with Gasteiger partial charge in [-0.2, -0.15) is 0 Å². The number of nitrogens with one attached hydrogen (secondary N) is 3. The van der Waals surface area contributed by atoms with E-state index in [0.29, 0.717) is 18.4 Å². The normalized spacial score (nSPS) is 19.9. The summed E-state index contributed by atoms with van der Waals surface area (Å²) in [6.07, 6.45) is 3.41. The summed E-state index contributed by atoms with van der Waals surface area (Å²) >= 11 is 0. The van der Waals surface area contributed by atoms with Crippen LogP contribution in [0.25, 0.3) is 0 Å². The lowest BCUT2D eigenvalue weighted by Gasteiger charge is -2.09. The molecule has 3 N–H and O–H groups in total. The van der Waals surface area contributed by atoms with Crippen molar-refractivity contribution in [2.45, 2.75) is 32.2 Å². The Balaban J connectivity index is 1.71. The molecule has 0 radical (unpaired) electrons. The van der Waals surface area contributed by atoms with Crippen molar-refractivity contribution in [2.24, 2.45) is 0 Å². The number of hydrogen-bond donors (Lipinski definition) is 3. The highest BCUT2D eigenvalue weighted by molar-refractivity contribution is 5.90. The molecule has 0 saturated carbocycles. The third kappa shape index (κ3) is 2.79. The van der Waals surface area contributed by atoms with Crippen LogP contribution in [0.2, 0.25) is 0 Å². The molecule has 0 aliphatic carbocycles. The summed E-state index contributed by atoms with van der Waals surface area (Å²) in [7, 11) is 0. The van der Waals surface area contributed by atoms with Crippen LogP contribution in [0, 0.1) is 6.92 Å². The predicted octanol–water partition coefficient (Wildman–Crippen LogP) is -0.0150. The van der Waals surface area contributed by atoms with Crippen molar-refractivity contribution in [1.29, 1.82) is 0 Å². The average molecular weight is 223 g/mol. The Morgan fingerprint density at radius 1 is 1.62 bits per heavy atom. The fourth-order valence-corrected chi connectivity index (χ4v) is 1.89. The Hall–Kier alpha value is -1.43. The van der Waals surface area contributed by atoms with Gasteiger partial charge in [0.2, 0.25) is 5.82 Å². The van der Waals surface area contributed by atoms with Gasteiger partial charge in [-0.25, -0.2) is 4.98 Å². The van der Waals surface area contributed by atoms with Gasteiger partial charge < -0.3 is 10.6 Å². The second kappa shape index (κ2) is 5.07. The molecule has 1 unspecified atom stereocenters. The van der Waals surface area contributed by atoms with Gasteiger partial charge in [-0.3, -0.25) is 9.89 Å². The van der Waals surface area contributed by atoms with Crippen LogP contribution in [0.1, 0.15) is 35.7 Å². The Kier molecular flexibility index (Phi) is 3.51. The number of carbonyl (C=O) groups excluding carboxylic acids is 1. The summed E-state index contributed by atoms with van der Waals surface area (Å²) in [5.41, 5.74) is 0. The molecule has 16 heavy (non-hydrogen) atoms. The van der Waals surface area contributed by atoms with Gasteiger partial charge in [0.1, 0.15) is 5.82 Å². The van der Waals surface area contributed by atoms with E-state index in [9.17, 15) is 4.79 Å². The molecule has 2 heterocycles. The molecule has 6 nitrogen and oxygen atoms in total. The summed E-state index contributed by atoms with van der Waals surface area (Å²) in [5, 5.41) is 12.6. The van der Waals surface area contributed by atoms with Crippen LogP contribution in [0.4, 0.5) is 0 Å². The molecule has 0 bridgehead atoms. The first-order chi connectivity index (χ1) is 7.75. The van der Waals surface area contributed by atoms with E-state index >= 15 is 0 Å². The molecule has 1 aromatic heterocycles. The molecule has 1 aliphatic rings. The van der Waals surface area contributed by atoms with Crippen LogP contribution in [0.5, 0.6) is 0 Å². The van der Waals surface area contributed by atoms with E-state index in [1.807, 2.05) is 0 Å². The summed E-state index contributed by atoms with van der Waals surface area (Å²) in [6.45, 7) is 3.54. The van der Waals surface area contributed by atoms with Crippen LogP contribution in [0.3, 0.4) is 0 Å². The smallest absolute Gasteiger partial charge is 0.290 e. The number of nitrogens with zero attached hydrogens (tertiary/aromatic N) is 2.